The number of methoxy groups -OCH3 is 1. The van der Waals surface area contributed by atoms with Gasteiger partial charge in [0.15, 0.2) is 0 Å². The van der Waals surface area contributed by atoms with Crippen molar-refractivity contribution < 1.29 is 14.3 Å². The van der Waals surface area contributed by atoms with Gasteiger partial charge in [-0.05, 0) is 29.5 Å². The Morgan fingerprint density at radius 1 is 1.11 bits per heavy atom. The zero-order chi connectivity index (χ0) is 24.4. The molecule has 2 aromatic carbocycles. The highest BCUT2D eigenvalue weighted by atomic mass is 35.5. The Morgan fingerprint density at radius 2 is 1.97 bits per heavy atom. The van der Waals surface area contributed by atoms with Gasteiger partial charge in [-0.3, -0.25) is 19.8 Å². The van der Waals surface area contributed by atoms with E-state index in [1.54, 1.807) is 36.4 Å². The Labute approximate surface area is 209 Å². The van der Waals surface area contributed by atoms with Crippen LogP contribution in [0.5, 0.6) is 10.9 Å². The van der Waals surface area contributed by atoms with Gasteiger partial charge in [0.25, 0.3) is 11.1 Å². The molecule has 35 heavy (non-hydrogen) atoms. The summed E-state index contributed by atoms with van der Waals surface area (Å²) in [6, 6.07) is 12.8. The molecular weight excluding hydrogens is 488 g/mol. The van der Waals surface area contributed by atoms with Crippen molar-refractivity contribution in [2.24, 2.45) is 7.05 Å². The smallest absolute Gasteiger partial charge is 0.296 e. The third kappa shape index (κ3) is 4.53. The number of para-hydroxylation sites is 1. The summed E-state index contributed by atoms with van der Waals surface area (Å²) >= 11 is 7.42. The van der Waals surface area contributed by atoms with Crippen LogP contribution in [0.1, 0.15) is 15.9 Å². The predicted octanol–water partition coefficient (Wildman–Crippen LogP) is 4.98. The molecule has 0 aliphatic carbocycles. The molecule has 0 saturated heterocycles. The molecule has 5 rings (SSSR count). The van der Waals surface area contributed by atoms with Gasteiger partial charge in [0.05, 0.1) is 29.4 Å². The summed E-state index contributed by atoms with van der Waals surface area (Å²) < 4.78 is 13.0. The molecule has 0 saturated carbocycles. The number of hydrogen-bond donors (Lipinski definition) is 1. The molecule has 0 spiro atoms. The number of aromatic nitrogens is 5. The third-order valence-electron chi connectivity index (χ3n) is 5.38. The first kappa shape index (κ1) is 22.8. The number of ether oxygens (including phenoxy) is 2. The van der Waals surface area contributed by atoms with Crippen LogP contribution in [0.2, 0.25) is 5.02 Å². The van der Waals surface area contributed by atoms with Crippen molar-refractivity contribution in [2.45, 2.75) is 6.61 Å². The fourth-order valence-electron chi connectivity index (χ4n) is 3.72. The van der Waals surface area contributed by atoms with Crippen LogP contribution in [0.4, 0.5) is 5.13 Å². The molecule has 5 aromatic rings. The van der Waals surface area contributed by atoms with Crippen LogP contribution in [0.25, 0.3) is 22.0 Å². The standard InChI is InChI=1S/C24H19ClN6O3S/c1-31-21-17(12-27-31)14(7-8-19(21)25)13-34-24-30-29-23(35-24)28-22(32)16-9-10-26-11-18(16)15-5-3-4-6-20(15)33-2/h3-12H,13H2,1-2H3,(H,28,29,32). The largest absolute Gasteiger partial charge is 0.496 e. The predicted molar refractivity (Wildman–Crippen MR) is 134 cm³/mol. The van der Waals surface area contributed by atoms with Crippen molar-refractivity contribution in [2.75, 3.05) is 12.4 Å². The molecule has 0 radical (unpaired) electrons. The van der Waals surface area contributed by atoms with Crippen LogP contribution in [0.3, 0.4) is 0 Å². The lowest BCUT2D eigenvalue weighted by Gasteiger charge is -2.11. The Balaban J connectivity index is 1.32. The zero-order valence-corrected chi connectivity index (χ0v) is 20.3. The number of hydrogen-bond acceptors (Lipinski definition) is 8. The van der Waals surface area contributed by atoms with Crippen LogP contribution in [-0.2, 0) is 13.7 Å². The molecule has 176 valence electrons. The average Bonchev–Trinajstić information content (AvgIpc) is 3.50. The van der Waals surface area contributed by atoms with Crippen molar-refractivity contribution in [1.82, 2.24) is 25.0 Å². The highest BCUT2D eigenvalue weighted by molar-refractivity contribution is 7.17. The van der Waals surface area contributed by atoms with E-state index in [2.05, 4.69) is 25.6 Å². The minimum absolute atomic E-state index is 0.254. The van der Waals surface area contributed by atoms with Gasteiger partial charge < -0.3 is 9.47 Å². The first-order valence-corrected chi connectivity index (χ1v) is 11.7. The number of rotatable bonds is 7. The van der Waals surface area contributed by atoms with Crippen molar-refractivity contribution in [3.8, 4) is 22.1 Å². The van der Waals surface area contributed by atoms with E-state index in [1.165, 1.54) is 0 Å². The zero-order valence-electron chi connectivity index (χ0n) is 18.7. The quantitative estimate of drug-likeness (QED) is 0.332. The monoisotopic (exact) mass is 506 g/mol. The highest BCUT2D eigenvalue weighted by Crippen LogP contribution is 2.33. The van der Waals surface area contributed by atoms with Gasteiger partial charge >= 0.3 is 0 Å². The van der Waals surface area contributed by atoms with Gasteiger partial charge in [0, 0.05) is 41.5 Å². The number of halogens is 1. The summed E-state index contributed by atoms with van der Waals surface area (Å²) in [7, 11) is 3.42. The number of anilines is 1. The summed E-state index contributed by atoms with van der Waals surface area (Å²) in [6.07, 6.45) is 4.94. The van der Waals surface area contributed by atoms with Gasteiger partial charge in [0.1, 0.15) is 12.4 Å². The van der Waals surface area contributed by atoms with Gasteiger partial charge in [-0.25, -0.2) is 0 Å². The number of pyridine rings is 1. The second-order valence-electron chi connectivity index (χ2n) is 7.47. The number of nitrogens with one attached hydrogen (secondary N) is 1. The molecule has 0 fully saturated rings. The Bertz CT molecular complexity index is 1530. The molecule has 1 N–H and O–H groups in total. The molecule has 1 amide bonds. The number of amides is 1. The third-order valence-corrected chi connectivity index (χ3v) is 6.44. The normalized spacial score (nSPS) is 10.9. The Kier molecular flexibility index (Phi) is 6.30. The van der Waals surface area contributed by atoms with Crippen LogP contribution in [-0.4, -0.2) is 38.0 Å². The highest BCUT2D eigenvalue weighted by Gasteiger charge is 2.18. The van der Waals surface area contributed by atoms with Crippen LogP contribution < -0.4 is 14.8 Å². The van der Waals surface area contributed by atoms with E-state index < -0.39 is 0 Å². The first-order chi connectivity index (χ1) is 17.0. The number of fused-ring (bicyclic) bond motifs is 1. The molecule has 0 unspecified atom stereocenters. The average molecular weight is 507 g/mol. The van der Waals surface area contributed by atoms with Crippen LogP contribution >= 0.6 is 22.9 Å². The Hall–Kier alpha value is -4.02. The molecule has 11 heteroatoms. The fraction of sp³-hybridized carbons (Fsp3) is 0.125. The van der Waals surface area contributed by atoms with Crippen LogP contribution in [0.15, 0.2) is 61.1 Å². The van der Waals surface area contributed by atoms with E-state index in [-0.39, 0.29) is 12.5 Å². The van der Waals surface area contributed by atoms with Gasteiger partial charge in [-0.15, -0.1) is 5.10 Å². The summed E-state index contributed by atoms with van der Waals surface area (Å²) in [5.41, 5.74) is 3.59. The number of nitrogens with zero attached hydrogens (tertiary/aromatic N) is 5. The van der Waals surface area contributed by atoms with E-state index in [0.717, 1.165) is 33.4 Å². The van der Waals surface area contributed by atoms with Gasteiger partial charge in [-0.1, -0.05) is 41.0 Å². The number of benzene rings is 2. The number of carbonyl (C=O) groups excluding carboxylic acids is 1. The second kappa shape index (κ2) is 9.69. The summed E-state index contributed by atoms with van der Waals surface area (Å²) in [6.45, 7) is 0.254. The second-order valence-corrected chi connectivity index (χ2v) is 8.82. The van der Waals surface area contributed by atoms with E-state index in [0.29, 0.717) is 32.2 Å². The van der Waals surface area contributed by atoms with E-state index in [4.69, 9.17) is 21.1 Å². The number of aryl methyl sites for hydroxylation is 1. The first-order valence-electron chi connectivity index (χ1n) is 10.5. The number of carbonyl (C=O) groups is 1. The molecule has 3 aromatic heterocycles. The maximum absolute atomic E-state index is 13.1. The van der Waals surface area contributed by atoms with Gasteiger partial charge in [-0.2, -0.15) is 5.10 Å². The lowest BCUT2D eigenvalue weighted by molar-refractivity contribution is 0.102. The molecule has 0 aliphatic heterocycles. The molecule has 9 nitrogen and oxygen atoms in total. The van der Waals surface area contributed by atoms with E-state index in [1.807, 2.05) is 43.4 Å². The maximum atomic E-state index is 13.1. The lowest BCUT2D eigenvalue weighted by Crippen LogP contribution is -2.13. The lowest BCUT2D eigenvalue weighted by atomic mass is 10.0. The molecule has 0 aliphatic rings. The summed E-state index contributed by atoms with van der Waals surface area (Å²) in [5.74, 6) is 0.303. The van der Waals surface area contributed by atoms with Crippen molar-refractivity contribution >= 4 is 44.9 Å². The minimum atomic E-state index is -0.342. The van der Waals surface area contributed by atoms with E-state index in [9.17, 15) is 4.79 Å². The van der Waals surface area contributed by atoms with Crippen molar-refractivity contribution in [3.05, 3.63) is 77.2 Å². The topological polar surface area (TPSA) is 104 Å². The van der Waals surface area contributed by atoms with E-state index >= 15 is 0 Å². The molecule has 3 heterocycles. The minimum Gasteiger partial charge on any atom is -0.496 e. The fourth-order valence-corrected chi connectivity index (χ4v) is 4.60. The summed E-state index contributed by atoms with van der Waals surface area (Å²) in [4.78, 5) is 17.3. The maximum Gasteiger partial charge on any atom is 0.296 e. The molecular formula is C24H19ClN6O3S. The van der Waals surface area contributed by atoms with Crippen LogP contribution in [0, 0.1) is 0 Å². The van der Waals surface area contributed by atoms with Gasteiger partial charge in [0.2, 0.25) is 5.13 Å². The summed E-state index contributed by atoms with van der Waals surface area (Å²) in [5, 5.41) is 17.3. The Morgan fingerprint density at radius 3 is 2.83 bits per heavy atom. The van der Waals surface area contributed by atoms with Crippen molar-refractivity contribution in [1.29, 1.82) is 0 Å². The molecule has 0 atom stereocenters. The van der Waals surface area contributed by atoms with Crippen molar-refractivity contribution in [3.63, 3.8) is 0 Å². The SMILES string of the molecule is COc1ccccc1-c1cnccc1C(=O)Nc1nnc(OCc2ccc(Cl)c3c2cnn3C)s1. The molecule has 0 bridgehead atoms.